The molecule has 0 heterocycles. The summed E-state index contributed by atoms with van der Waals surface area (Å²) in [7, 11) is 0. The zero-order valence-electron chi connectivity index (χ0n) is 6.89. The fraction of sp³-hybridized carbons (Fsp3) is 0.222. The molecule has 1 rings (SSSR count). The number of amidine groups is 1. The number of aryl methyl sites for hydroxylation is 1. The SMILES string of the molecule is Cc1ccc(Br)cc1CC(=N)N. The first-order valence-electron chi connectivity index (χ1n) is 3.67. The Balaban J connectivity index is 2.97. The Morgan fingerprint density at radius 1 is 1.58 bits per heavy atom. The van der Waals surface area contributed by atoms with Crippen LogP contribution in [0.5, 0.6) is 0 Å². The van der Waals surface area contributed by atoms with Gasteiger partial charge in [0.25, 0.3) is 0 Å². The van der Waals surface area contributed by atoms with Crippen LogP contribution in [0.4, 0.5) is 0 Å². The summed E-state index contributed by atoms with van der Waals surface area (Å²) in [5.74, 6) is 0.205. The van der Waals surface area contributed by atoms with E-state index in [1.54, 1.807) is 0 Å². The van der Waals surface area contributed by atoms with E-state index in [0.29, 0.717) is 6.42 Å². The summed E-state index contributed by atoms with van der Waals surface area (Å²) in [6.07, 6.45) is 0.533. The lowest BCUT2D eigenvalue weighted by Crippen LogP contribution is -2.13. The largest absolute Gasteiger partial charge is 0.387 e. The van der Waals surface area contributed by atoms with Gasteiger partial charge in [-0.25, -0.2) is 0 Å². The Kier molecular flexibility index (Phi) is 2.87. The molecule has 0 amide bonds. The van der Waals surface area contributed by atoms with Crippen molar-refractivity contribution in [1.29, 1.82) is 5.41 Å². The fourth-order valence-electron chi connectivity index (χ4n) is 1.04. The molecule has 2 nitrogen and oxygen atoms in total. The second-order valence-electron chi connectivity index (χ2n) is 2.77. The Labute approximate surface area is 80.4 Å². The number of hydrogen-bond acceptors (Lipinski definition) is 1. The highest BCUT2D eigenvalue weighted by molar-refractivity contribution is 9.10. The van der Waals surface area contributed by atoms with Gasteiger partial charge in [-0.3, -0.25) is 5.41 Å². The van der Waals surface area contributed by atoms with Crippen molar-refractivity contribution in [2.75, 3.05) is 0 Å². The van der Waals surface area contributed by atoms with Gasteiger partial charge >= 0.3 is 0 Å². The quantitative estimate of drug-likeness (QED) is 0.590. The summed E-state index contributed by atoms with van der Waals surface area (Å²) in [5.41, 5.74) is 7.59. The summed E-state index contributed by atoms with van der Waals surface area (Å²) < 4.78 is 1.03. The van der Waals surface area contributed by atoms with E-state index in [-0.39, 0.29) is 5.84 Å². The van der Waals surface area contributed by atoms with Gasteiger partial charge in [0.05, 0.1) is 5.84 Å². The van der Waals surface area contributed by atoms with Crippen molar-refractivity contribution in [1.82, 2.24) is 0 Å². The molecule has 12 heavy (non-hydrogen) atoms. The van der Waals surface area contributed by atoms with Crippen molar-refractivity contribution >= 4 is 21.8 Å². The van der Waals surface area contributed by atoms with Gasteiger partial charge in [-0.1, -0.05) is 22.0 Å². The van der Waals surface area contributed by atoms with Gasteiger partial charge in [-0.05, 0) is 30.2 Å². The topological polar surface area (TPSA) is 49.9 Å². The molecule has 0 fully saturated rings. The number of nitrogens with two attached hydrogens (primary N) is 1. The Morgan fingerprint density at radius 2 is 2.25 bits per heavy atom. The van der Waals surface area contributed by atoms with E-state index in [2.05, 4.69) is 15.9 Å². The lowest BCUT2D eigenvalue weighted by Gasteiger charge is -2.04. The second kappa shape index (κ2) is 3.72. The van der Waals surface area contributed by atoms with E-state index >= 15 is 0 Å². The van der Waals surface area contributed by atoms with Crippen LogP contribution in [-0.4, -0.2) is 5.84 Å². The number of hydrogen-bond donors (Lipinski definition) is 2. The molecule has 0 radical (unpaired) electrons. The van der Waals surface area contributed by atoms with Crippen LogP contribution in [0.15, 0.2) is 22.7 Å². The minimum Gasteiger partial charge on any atom is -0.387 e. The molecule has 0 unspecified atom stereocenters. The van der Waals surface area contributed by atoms with Crippen molar-refractivity contribution in [2.45, 2.75) is 13.3 Å². The first-order chi connectivity index (χ1) is 5.59. The van der Waals surface area contributed by atoms with Crippen LogP contribution in [0.2, 0.25) is 0 Å². The third-order valence-electron chi connectivity index (χ3n) is 1.69. The highest BCUT2D eigenvalue weighted by Crippen LogP contribution is 2.16. The second-order valence-corrected chi connectivity index (χ2v) is 3.69. The molecule has 1 aromatic carbocycles. The maximum absolute atomic E-state index is 7.16. The molecule has 0 atom stereocenters. The normalized spacial score (nSPS) is 9.83. The van der Waals surface area contributed by atoms with Gasteiger partial charge in [-0.2, -0.15) is 0 Å². The highest BCUT2D eigenvalue weighted by Gasteiger charge is 2.00. The van der Waals surface area contributed by atoms with E-state index in [0.717, 1.165) is 10.0 Å². The van der Waals surface area contributed by atoms with Gasteiger partial charge in [-0.15, -0.1) is 0 Å². The molecule has 0 saturated heterocycles. The van der Waals surface area contributed by atoms with Gasteiger partial charge in [0, 0.05) is 10.9 Å². The average molecular weight is 227 g/mol. The third kappa shape index (κ3) is 2.34. The first kappa shape index (κ1) is 9.26. The molecular weight excluding hydrogens is 216 g/mol. The maximum Gasteiger partial charge on any atom is 0.0950 e. The highest BCUT2D eigenvalue weighted by atomic mass is 79.9. The van der Waals surface area contributed by atoms with Gasteiger partial charge in [0.1, 0.15) is 0 Å². The predicted octanol–water partition coefficient (Wildman–Crippen LogP) is 2.24. The Morgan fingerprint density at radius 3 is 2.83 bits per heavy atom. The molecule has 0 aliphatic heterocycles. The van der Waals surface area contributed by atoms with Crippen LogP contribution in [0.1, 0.15) is 11.1 Å². The van der Waals surface area contributed by atoms with Crippen LogP contribution in [0.25, 0.3) is 0 Å². The molecule has 0 saturated carbocycles. The number of benzene rings is 1. The molecule has 3 N–H and O–H groups in total. The van der Waals surface area contributed by atoms with Gasteiger partial charge in [0.2, 0.25) is 0 Å². The molecule has 64 valence electrons. The van der Waals surface area contributed by atoms with Crippen LogP contribution in [0, 0.1) is 12.3 Å². The molecule has 1 aromatic rings. The summed E-state index contributed by atoms with van der Waals surface area (Å²) in [6, 6.07) is 6.00. The summed E-state index contributed by atoms with van der Waals surface area (Å²) in [5, 5.41) is 7.16. The minimum atomic E-state index is 0.205. The van der Waals surface area contributed by atoms with E-state index in [1.165, 1.54) is 5.56 Å². The Bertz CT molecular complexity index is 307. The van der Waals surface area contributed by atoms with Crippen molar-refractivity contribution < 1.29 is 0 Å². The van der Waals surface area contributed by atoms with Gasteiger partial charge < -0.3 is 5.73 Å². The summed E-state index contributed by atoms with van der Waals surface area (Å²) in [4.78, 5) is 0. The third-order valence-corrected chi connectivity index (χ3v) is 2.19. The van der Waals surface area contributed by atoms with Crippen LogP contribution < -0.4 is 5.73 Å². The molecule has 0 spiro atoms. The van der Waals surface area contributed by atoms with Crippen molar-refractivity contribution in [3.8, 4) is 0 Å². The Hall–Kier alpha value is -0.830. The molecule has 0 bridgehead atoms. The number of rotatable bonds is 2. The van der Waals surface area contributed by atoms with E-state index < -0.39 is 0 Å². The molecule has 3 heteroatoms. The minimum absolute atomic E-state index is 0.205. The zero-order valence-corrected chi connectivity index (χ0v) is 8.48. The molecule has 0 aliphatic carbocycles. The zero-order chi connectivity index (χ0) is 9.14. The van der Waals surface area contributed by atoms with Crippen LogP contribution >= 0.6 is 15.9 Å². The standard InChI is InChI=1S/C9H11BrN2/c1-6-2-3-8(10)4-7(6)5-9(11)12/h2-4H,5H2,1H3,(H3,11,12). The maximum atomic E-state index is 7.16. The lowest BCUT2D eigenvalue weighted by molar-refractivity contribution is 1.20. The fourth-order valence-corrected chi connectivity index (χ4v) is 1.44. The van der Waals surface area contributed by atoms with Crippen molar-refractivity contribution in [2.24, 2.45) is 5.73 Å². The summed E-state index contributed by atoms with van der Waals surface area (Å²) >= 11 is 3.37. The number of halogens is 1. The van der Waals surface area contributed by atoms with Crippen LogP contribution in [-0.2, 0) is 6.42 Å². The smallest absolute Gasteiger partial charge is 0.0950 e. The first-order valence-corrected chi connectivity index (χ1v) is 4.47. The van der Waals surface area contributed by atoms with Gasteiger partial charge in [0.15, 0.2) is 0 Å². The van der Waals surface area contributed by atoms with Crippen molar-refractivity contribution in [3.05, 3.63) is 33.8 Å². The predicted molar refractivity (Wildman–Crippen MR) is 54.5 cm³/mol. The molecular formula is C9H11BrN2. The van der Waals surface area contributed by atoms with E-state index in [9.17, 15) is 0 Å². The molecule has 0 aromatic heterocycles. The van der Waals surface area contributed by atoms with Crippen molar-refractivity contribution in [3.63, 3.8) is 0 Å². The summed E-state index contributed by atoms with van der Waals surface area (Å²) in [6.45, 7) is 2.02. The lowest BCUT2D eigenvalue weighted by atomic mass is 10.1. The molecule has 0 aliphatic rings. The van der Waals surface area contributed by atoms with Crippen LogP contribution in [0.3, 0.4) is 0 Å². The number of nitrogens with one attached hydrogen (secondary N) is 1. The monoisotopic (exact) mass is 226 g/mol. The van der Waals surface area contributed by atoms with E-state index in [1.807, 2.05) is 25.1 Å². The van der Waals surface area contributed by atoms with E-state index in [4.69, 9.17) is 11.1 Å². The average Bonchev–Trinajstić information content (AvgIpc) is 1.96.